The van der Waals surface area contributed by atoms with Gasteiger partial charge in [0.2, 0.25) is 6.29 Å². The van der Waals surface area contributed by atoms with Crippen molar-refractivity contribution in [2.45, 2.75) is 39.9 Å². The van der Waals surface area contributed by atoms with Crippen LogP contribution in [0.2, 0.25) is 0 Å². The van der Waals surface area contributed by atoms with E-state index in [0.29, 0.717) is 0 Å². The van der Waals surface area contributed by atoms with Gasteiger partial charge in [-0.15, -0.1) is 0 Å². The first-order chi connectivity index (χ1) is 6.49. The average molecular weight is 263 g/mol. The zero-order valence-corrected chi connectivity index (χ0v) is 11.0. The molecule has 0 aromatic heterocycles. The summed E-state index contributed by atoms with van der Waals surface area (Å²) in [5, 5.41) is 0.790. The van der Waals surface area contributed by atoms with Crippen LogP contribution in [0.1, 0.15) is 33.6 Å². The fourth-order valence-electron chi connectivity index (χ4n) is 1.26. The van der Waals surface area contributed by atoms with Gasteiger partial charge in [-0.05, 0) is 18.4 Å². The number of ether oxygens (including phenoxy) is 2. The molecular weight excluding hydrogens is 244 g/mol. The summed E-state index contributed by atoms with van der Waals surface area (Å²) in [5.74, 6) is 1.06. The van der Waals surface area contributed by atoms with Crippen molar-refractivity contribution in [2.75, 3.05) is 12.4 Å². The summed E-state index contributed by atoms with van der Waals surface area (Å²) < 4.78 is 11.2. The minimum Gasteiger partial charge on any atom is -0.468 e. The molecule has 0 N–H and O–H groups in total. The Morgan fingerprint density at radius 3 is 2.29 bits per heavy atom. The van der Waals surface area contributed by atoms with Crippen LogP contribution in [0.15, 0.2) is 11.3 Å². The Morgan fingerprint density at radius 1 is 1.43 bits per heavy atom. The van der Waals surface area contributed by atoms with Crippen LogP contribution >= 0.6 is 15.9 Å². The third-order valence-electron chi connectivity index (χ3n) is 2.19. The van der Waals surface area contributed by atoms with Crippen LogP contribution in [0, 0.1) is 5.41 Å². The van der Waals surface area contributed by atoms with Crippen molar-refractivity contribution in [3.63, 3.8) is 0 Å². The highest BCUT2D eigenvalue weighted by molar-refractivity contribution is 9.09. The van der Waals surface area contributed by atoms with Crippen LogP contribution < -0.4 is 0 Å². The van der Waals surface area contributed by atoms with E-state index in [1.807, 2.05) is 0 Å². The van der Waals surface area contributed by atoms with E-state index < -0.39 is 0 Å². The second-order valence-electron chi connectivity index (χ2n) is 4.71. The number of hydrogen-bond donors (Lipinski definition) is 0. The van der Waals surface area contributed by atoms with Crippen LogP contribution in [-0.4, -0.2) is 18.7 Å². The SMILES string of the molecule is COC(OC(CBr)=C1CC1)C(C)(C)C. The standard InChI is InChI=1S/C11H19BrO2/c1-11(2,3)10(13-4)14-9(7-12)8-5-6-8/h10H,5-7H2,1-4H3. The molecule has 82 valence electrons. The summed E-state index contributed by atoms with van der Waals surface area (Å²) >= 11 is 3.44. The summed E-state index contributed by atoms with van der Waals surface area (Å²) in [5.41, 5.74) is 1.44. The molecule has 0 aromatic carbocycles. The molecule has 1 aliphatic rings. The Morgan fingerprint density at radius 2 is 2.00 bits per heavy atom. The van der Waals surface area contributed by atoms with E-state index >= 15 is 0 Å². The average Bonchev–Trinajstić information content (AvgIpc) is 2.87. The molecule has 0 spiro atoms. The van der Waals surface area contributed by atoms with Gasteiger partial charge in [-0.25, -0.2) is 0 Å². The lowest BCUT2D eigenvalue weighted by Crippen LogP contribution is -2.31. The van der Waals surface area contributed by atoms with Gasteiger partial charge < -0.3 is 9.47 Å². The number of hydrogen-bond acceptors (Lipinski definition) is 2. The van der Waals surface area contributed by atoms with Crippen molar-refractivity contribution in [2.24, 2.45) is 5.41 Å². The van der Waals surface area contributed by atoms with Crippen molar-refractivity contribution >= 4 is 15.9 Å². The van der Waals surface area contributed by atoms with Gasteiger partial charge in [0.05, 0.1) is 5.33 Å². The molecule has 0 saturated heterocycles. The van der Waals surface area contributed by atoms with Gasteiger partial charge in [0, 0.05) is 12.5 Å². The topological polar surface area (TPSA) is 18.5 Å². The Hall–Kier alpha value is -0.0200. The molecule has 0 aromatic rings. The zero-order valence-electron chi connectivity index (χ0n) is 9.39. The van der Waals surface area contributed by atoms with Crippen molar-refractivity contribution in [1.29, 1.82) is 0 Å². The number of rotatable bonds is 4. The van der Waals surface area contributed by atoms with Gasteiger partial charge >= 0.3 is 0 Å². The summed E-state index contributed by atoms with van der Waals surface area (Å²) in [6.45, 7) is 6.35. The third kappa shape index (κ3) is 3.28. The quantitative estimate of drug-likeness (QED) is 0.439. The number of methoxy groups -OCH3 is 1. The zero-order chi connectivity index (χ0) is 10.8. The normalized spacial score (nSPS) is 17.9. The molecular formula is C11H19BrO2. The first kappa shape index (κ1) is 12.1. The second kappa shape index (κ2) is 4.67. The van der Waals surface area contributed by atoms with Crippen LogP contribution in [0.25, 0.3) is 0 Å². The minimum atomic E-state index is -0.164. The summed E-state index contributed by atoms with van der Waals surface area (Å²) in [6.07, 6.45) is 2.20. The predicted molar refractivity (Wildman–Crippen MR) is 61.4 cm³/mol. The molecule has 1 aliphatic carbocycles. The van der Waals surface area contributed by atoms with E-state index in [1.54, 1.807) is 7.11 Å². The molecule has 2 nitrogen and oxygen atoms in total. The van der Waals surface area contributed by atoms with E-state index in [9.17, 15) is 0 Å². The number of halogens is 1. The highest BCUT2D eigenvalue weighted by Gasteiger charge is 2.29. The smallest absolute Gasteiger partial charge is 0.203 e. The molecule has 0 radical (unpaired) electrons. The molecule has 0 bridgehead atoms. The number of allylic oxidation sites excluding steroid dienone is 2. The molecule has 14 heavy (non-hydrogen) atoms. The Kier molecular flexibility index (Phi) is 4.02. The summed E-state index contributed by atoms with van der Waals surface area (Å²) in [7, 11) is 1.69. The van der Waals surface area contributed by atoms with Gasteiger partial charge in [-0.3, -0.25) is 0 Å². The van der Waals surface area contributed by atoms with Crippen molar-refractivity contribution < 1.29 is 9.47 Å². The number of alkyl halides is 1. The fourth-order valence-corrected chi connectivity index (χ4v) is 1.79. The van der Waals surface area contributed by atoms with Crippen molar-refractivity contribution in [1.82, 2.24) is 0 Å². The molecule has 1 atom stereocenters. The van der Waals surface area contributed by atoms with Crippen LogP contribution in [-0.2, 0) is 9.47 Å². The van der Waals surface area contributed by atoms with E-state index in [-0.39, 0.29) is 11.7 Å². The molecule has 1 fully saturated rings. The molecule has 1 saturated carbocycles. The first-order valence-electron chi connectivity index (χ1n) is 4.95. The molecule has 0 aliphatic heterocycles. The van der Waals surface area contributed by atoms with E-state index in [1.165, 1.54) is 18.4 Å². The van der Waals surface area contributed by atoms with E-state index in [4.69, 9.17) is 9.47 Å². The molecule has 3 heteroatoms. The largest absolute Gasteiger partial charge is 0.468 e. The second-order valence-corrected chi connectivity index (χ2v) is 5.27. The monoisotopic (exact) mass is 262 g/mol. The van der Waals surface area contributed by atoms with Crippen molar-refractivity contribution in [3.05, 3.63) is 11.3 Å². The van der Waals surface area contributed by atoms with Crippen LogP contribution in [0.3, 0.4) is 0 Å². The van der Waals surface area contributed by atoms with E-state index in [2.05, 4.69) is 36.7 Å². The maximum absolute atomic E-state index is 5.85. The molecule has 0 amide bonds. The van der Waals surface area contributed by atoms with Gasteiger partial charge in [0.1, 0.15) is 5.76 Å². The highest BCUT2D eigenvalue weighted by Crippen LogP contribution is 2.35. The minimum absolute atomic E-state index is 0.0115. The molecule has 0 heterocycles. The Bertz CT molecular complexity index is 222. The van der Waals surface area contributed by atoms with Gasteiger partial charge in [0.25, 0.3) is 0 Å². The first-order valence-corrected chi connectivity index (χ1v) is 6.07. The van der Waals surface area contributed by atoms with Crippen LogP contribution in [0.5, 0.6) is 0 Å². The Labute approximate surface area is 94.8 Å². The predicted octanol–water partition coefficient (Wildman–Crippen LogP) is 3.46. The maximum Gasteiger partial charge on any atom is 0.203 e. The lowest BCUT2D eigenvalue weighted by molar-refractivity contribution is -0.154. The third-order valence-corrected chi connectivity index (χ3v) is 2.70. The van der Waals surface area contributed by atoms with Gasteiger partial charge in [-0.1, -0.05) is 36.7 Å². The lowest BCUT2D eigenvalue weighted by atomic mass is 9.96. The van der Waals surface area contributed by atoms with Crippen LogP contribution in [0.4, 0.5) is 0 Å². The fraction of sp³-hybridized carbons (Fsp3) is 0.818. The van der Waals surface area contributed by atoms with E-state index in [0.717, 1.165) is 11.1 Å². The Balaban J connectivity index is 2.60. The molecule has 1 unspecified atom stereocenters. The highest BCUT2D eigenvalue weighted by atomic mass is 79.9. The van der Waals surface area contributed by atoms with Gasteiger partial charge in [-0.2, -0.15) is 0 Å². The van der Waals surface area contributed by atoms with Gasteiger partial charge in [0.15, 0.2) is 0 Å². The summed E-state index contributed by atoms with van der Waals surface area (Å²) in [4.78, 5) is 0. The lowest BCUT2D eigenvalue weighted by Gasteiger charge is -2.30. The van der Waals surface area contributed by atoms with Crippen molar-refractivity contribution in [3.8, 4) is 0 Å². The maximum atomic E-state index is 5.85. The summed E-state index contributed by atoms with van der Waals surface area (Å²) in [6, 6.07) is 0. The molecule has 1 rings (SSSR count).